The SMILES string of the molecule is N#CCc1ccc(NC(=O)COc2ccc(F)cc2Br)cc1. The predicted octanol–water partition coefficient (Wildman–Crippen LogP) is 3.67. The second-order valence-electron chi connectivity index (χ2n) is 4.44. The molecule has 22 heavy (non-hydrogen) atoms. The number of benzene rings is 2. The standard InChI is InChI=1S/C16H12BrFN2O2/c17-14-9-12(18)3-6-15(14)22-10-16(21)20-13-4-1-11(2-5-13)7-8-19/h1-6,9H,7,10H2,(H,20,21). The first-order valence-electron chi connectivity index (χ1n) is 6.42. The van der Waals surface area contributed by atoms with Crippen LogP contribution in [-0.4, -0.2) is 12.5 Å². The molecule has 2 aromatic rings. The highest BCUT2D eigenvalue weighted by Crippen LogP contribution is 2.25. The van der Waals surface area contributed by atoms with Gasteiger partial charge in [-0.1, -0.05) is 12.1 Å². The van der Waals surface area contributed by atoms with E-state index in [0.29, 0.717) is 22.3 Å². The first-order chi connectivity index (χ1) is 10.6. The van der Waals surface area contributed by atoms with Gasteiger partial charge in [-0.2, -0.15) is 5.26 Å². The minimum Gasteiger partial charge on any atom is -0.483 e. The van der Waals surface area contributed by atoms with Crippen molar-refractivity contribution in [2.45, 2.75) is 6.42 Å². The van der Waals surface area contributed by atoms with Crippen LogP contribution >= 0.6 is 15.9 Å². The molecular weight excluding hydrogens is 351 g/mol. The maximum absolute atomic E-state index is 12.9. The number of nitrogens with one attached hydrogen (secondary N) is 1. The van der Waals surface area contributed by atoms with Gasteiger partial charge in [-0.3, -0.25) is 4.79 Å². The summed E-state index contributed by atoms with van der Waals surface area (Å²) in [4.78, 5) is 11.8. The molecule has 0 aromatic heterocycles. The summed E-state index contributed by atoms with van der Waals surface area (Å²) in [5.74, 6) is -0.327. The van der Waals surface area contributed by atoms with Gasteiger partial charge in [0.15, 0.2) is 6.61 Å². The van der Waals surface area contributed by atoms with Crippen molar-refractivity contribution < 1.29 is 13.9 Å². The lowest BCUT2D eigenvalue weighted by Crippen LogP contribution is -2.20. The van der Waals surface area contributed by atoms with Crippen molar-refractivity contribution in [1.29, 1.82) is 5.26 Å². The van der Waals surface area contributed by atoms with Crippen LogP contribution in [0, 0.1) is 17.1 Å². The molecule has 0 unspecified atom stereocenters. The molecular formula is C16H12BrFN2O2. The molecule has 0 radical (unpaired) electrons. The van der Waals surface area contributed by atoms with Crippen LogP contribution < -0.4 is 10.1 Å². The zero-order chi connectivity index (χ0) is 15.9. The molecule has 1 N–H and O–H groups in total. The maximum Gasteiger partial charge on any atom is 0.262 e. The lowest BCUT2D eigenvalue weighted by molar-refractivity contribution is -0.118. The molecule has 0 heterocycles. The van der Waals surface area contributed by atoms with E-state index in [2.05, 4.69) is 27.3 Å². The van der Waals surface area contributed by atoms with Gasteiger partial charge in [-0.05, 0) is 51.8 Å². The van der Waals surface area contributed by atoms with E-state index >= 15 is 0 Å². The number of rotatable bonds is 5. The van der Waals surface area contributed by atoms with Gasteiger partial charge in [0.05, 0.1) is 17.0 Å². The van der Waals surface area contributed by atoms with E-state index in [-0.39, 0.29) is 18.3 Å². The fourth-order valence-corrected chi connectivity index (χ4v) is 2.20. The zero-order valence-corrected chi connectivity index (χ0v) is 13.1. The van der Waals surface area contributed by atoms with E-state index in [1.165, 1.54) is 18.2 Å². The highest BCUT2D eigenvalue weighted by molar-refractivity contribution is 9.10. The number of hydrogen-bond acceptors (Lipinski definition) is 3. The number of nitriles is 1. The predicted molar refractivity (Wildman–Crippen MR) is 84.0 cm³/mol. The monoisotopic (exact) mass is 362 g/mol. The summed E-state index contributed by atoms with van der Waals surface area (Å²) in [5, 5.41) is 11.3. The van der Waals surface area contributed by atoms with Gasteiger partial charge in [0, 0.05) is 5.69 Å². The summed E-state index contributed by atoms with van der Waals surface area (Å²) in [5.41, 5.74) is 1.50. The van der Waals surface area contributed by atoms with Crippen molar-refractivity contribution in [2.75, 3.05) is 11.9 Å². The fraction of sp³-hybridized carbons (Fsp3) is 0.125. The second-order valence-corrected chi connectivity index (χ2v) is 5.30. The van der Waals surface area contributed by atoms with Crippen LogP contribution in [0.25, 0.3) is 0 Å². The van der Waals surface area contributed by atoms with Crippen LogP contribution in [-0.2, 0) is 11.2 Å². The van der Waals surface area contributed by atoms with Crippen LogP contribution in [0.3, 0.4) is 0 Å². The molecule has 0 atom stereocenters. The minimum atomic E-state index is -0.388. The lowest BCUT2D eigenvalue weighted by Gasteiger charge is -2.09. The average Bonchev–Trinajstić information content (AvgIpc) is 2.49. The van der Waals surface area contributed by atoms with Crippen molar-refractivity contribution in [1.82, 2.24) is 0 Å². The molecule has 0 spiro atoms. The molecule has 2 rings (SSSR count). The first kappa shape index (κ1) is 16.0. The number of anilines is 1. The molecule has 4 nitrogen and oxygen atoms in total. The number of amides is 1. The molecule has 6 heteroatoms. The Kier molecular flexibility index (Phi) is 5.50. The number of hydrogen-bond donors (Lipinski definition) is 1. The summed E-state index contributed by atoms with van der Waals surface area (Å²) < 4.78 is 18.7. The molecule has 0 saturated carbocycles. The third-order valence-corrected chi connectivity index (χ3v) is 3.39. The molecule has 0 fully saturated rings. The molecule has 112 valence electrons. The first-order valence-corrected chi connectivity index (χ1v) is 7.21. The van der Waals surface area contributed by atoms with E-state index in [9.17, 15) is 9.18 Å². The van der Waals surface area contributed by atoms with Crippen molar-refractivity contribution in [3.05, 3.63) is 58.3 Å². The van der Waals surface area contributed by atoms with Gasteiger partial charge in [-0.25, -0.2) is 4.39 Å². The molecule has 0 aliphatic carbocycles. The quantitative estimate of drug-likeness (QED) is 0.882. The van der Waals surface area contributed by atoms with E-state index in [0.717, 1.165) is 5.56 Å². The average molecular weight is 363 g/mol. The van der Waals surface area contributed by atoms with Gasteiger partial charge in [-0.15, -0.1) is 0 Å². The Morgan fingerprint density at radius 1 is 1.27 bits per heavy atom. The van der Waals surface area contributed by atoms with Crippen LogP contribution in [0.15, 0.2) is 46.9 Å². The summed E-state index contributed by atoms with van der Waals surface area (Å²) in [6.45, 7) is -0.190. The number of nitrogens with zero attached hydrogens (tertiary/aromatic N) is 1. The van der Waals surface area contributed by atoms with Gasteiger partial charge < -0.3 is 10.1 Å². The highest BCUT2D eigenvalue weighted by atomic mass is 79.9. The van der Waals surface area contributed by atoms with Crippen molar-refractivity contribution in [3.63, 3.8) is 0 Å². The fourth-order valence-electron chi connectivity index (χ4n) is 1.73. The van der Waals surface area contributed by atoms with Crippen molar-refractivity contribution in [2.24, 2.45) is 0 Å². The molecule has 0 bridgehead atoms. The van der Waals surface area contributed by atoms with Crippen LogP contribution in [0.1, 0.15) is 5.56 Å². The number of carbonyl (C=O) groups is 1. The zero-order valence-electron chi connectivity index (χ0n) is 11.5. The van der Waals surface area contributed by atoms with Crippen LogP contribution in [0.5, 0.6) is 5.75 Å². The Morgan fingerprint density at radius 2 is 2.00 bits per heavy atom. The third kappa shape index (κ3) is 4.57. The summed E-state index contributed by atoms with van der Waals surface area (Å²) in [7, 11) is 0. The van der Waals surface area contributed by atoms with Crippen LogP contribution in [0.4, 0.5) is 10.1 Å². The Balaban J connectivity index is 1.89. The molecule has 0 aliphatic rings. The van der Waals surface area contributed by atoms with Gasteiger partial charge in [0.1, 0.15) is 11.6 Å². The molecule has 2 aromatic carbocycles. The summed E-state index contributed by atoms with van der Waals surface area (Å²) >= 11 is 3.16. The highest BCUT2D eigenvalue weighted by Gasteiger charge is 2.07. The van der Waals surface area contributed by atoms with E-state index in [1.807, 2.05) is 0 Å². The third-order valence-electron chi connectivity index (χ3n) is 2.77. The number of ether oxygens (including phenoxy) is 1. The number of halogens is 2. The van der Waals surface area contributed by atoms with Crippen molar-refractivity contribution >= 4 is 27.5 Å². The topological polar surface area (TPSA) is 62.1 Å². The van der Waals surface area contributed by atoms with E-state index in [1.54, 1.807) is 24.3 Å². The Bertz CT molecular complexity index is 711. The summed E-state index contributed by atoms with van der Waals surface area (Å²) in [6.07, 6.45) is 0.329. The van der Waals surface area contributed by atoms with E-state index in [4.69, 9.17) is 10.00 Å². The molecule has 1 amide bonds. The van der Waals surface area contributed by atoms with Crippen LogP contribution in [0.2, 0.25) is 0 Å². The lowest BCUT2D eigenvalue weighted by atomic mass is 10.1. The van der Waals surface area contributed by atoms with Gasteiger partial charge >= 0.3 is 0 Å². The second kappa shape index (κ2) is 7.57. The summed E-state index contributed by atoms with van der Waals surface area (Å²) in [6, 6.07) is 13.0. The van der Waals surface area contributed by atoms with Gasteiger partial charge in [0.2, 0.25) is 0 Å². The largest absolute Gasteiger partial charge is 0.483 e. The molecule has 0 saturated heterocycles. The van der Waals surface area contributed by atoms with Crippen molar-refractivity contribution in [3.8, 4) is 11.8 Å². The minimum absolute atomic E-state index is 0.190. The van der Waals surface area contributed by atoms with E-state index < -0.39 is 0 Å². The maximum atomic E-state index is 12.9. The van der Waals surface area contributed by atoms with Gasteiger partial charge in [0.25, 0.3) is 5.91 Å². The molecule has 0 aliphatic heterocycles. The number of carbonyl (C=O) groups excluding carboxylic acids is 1. The Hall–Kier alpha value is -2.39. The normalized spacial score (nSPS) is 9.86. The Labute approximate surface area is 135 Å². The smallest absolute Gasteiger partial charge is 0.262 e. The Morgan fingerprint density at radius 3 is 2.64 bits per heavy atom.